The van der Waals surface area contributed by atoms with Gasteiger partial charge in [0.2, 0.25) is 0 Å². The van der Waals surface area contributed by atoms with Crippen molar-refractivity contribution in [3.63, 3.8) is 0 Å². The second-order valence-electron chi connectivity index (χ2n) is 3.45. The van der Waals surface area contributed by atoms with Crippen molar-refractivity contribution in [1.29, 1.82) is 0 Å². The maximum Gasteiger partial charge on any atom is 0.343 e. The Morgan fingerprint density at radius 1 is 1.06 bits per heavy atom. The summed E-state index contributed by atoms with van der Waals surface area (Å²) < 4.78 is 5.19. The highest BCUT2D eigenvalue weighted by molar-refractivity contribution is 7.78. The molecule has 0 unspecified atom stereocenters. The molecule has 3 nitrogen and oxygen atoms in total. The molecule has 0 saturated heterocycles. The summed E-state index contributed by atoms with van der Waals surface area (Å²) in [6.07, 6.45) is 0. The summed E-state index contributed by atoms with van der Waals surface area (Å²) >= 11 is 4.50. The van der Waals surface area contributed by atoms with E-state index in [1.165, 1.54) is 0 Å². The van der Waals surface area contributed by atoms with Crippen LogP contribution in [0.1, 0.15) is 10.4 Å². The molecule has 4 heteroatoms. The lowest BCUT2D eigenvalue weighted by Crippen LogP contribution is -2.07. The van der Waals surface area contributed by atoms with Crippen LogP contribution in [-0.2, 0) is 0 Å². The van der Waals surface area contributed by atoms with Crippen molar-refractivity contribution in [3.05, 3.63) is 60.2 Å². The monoisotopic (exact) mass is 255 g/mol. The fourth-order valence-corrected chi connectivity index (χ4v) is 1.48. The van der Waals surface area contributed by atoms with Crippen molar-refractivity contribution in [2.24, 2.45) is 4.99 Å². The Labute approximate surface area is 110 Å². The Balaban J connectivity index is 2.12. The van der Waals surface area contributed by atoms with Gasteiger partial charge in [0.25, 0.3) is 0 Å². The third-order valence-electron chi connectivity index (χ3n) is 2.23. The Hall–Kier alpha value is -2.29. The molecule has 0 aliphatic heterocycles. The standard InChI is InChI=1S/C14H9NO2S/c16-14(17-13-4-2-1-3-5-13)11-6-8-12(9-7-11)15-10-18/h1-9H. The number of hydrogen-bond donors (Lipinski definition) is 0. The first-order valence-corrected chi connectivity index (χ1v) is 5.65. The lowest BCUT2D eigenvalue weighted by molar-refractivity contribution is 0.0735. The molecule has 0 aromatic heterocycles. The predicted octanol–water partition coefficient (Wildman–Crippen LogP) is 3.64. The van der Waals surface area contributed by atoms with Crippen molar-refractivity contribution in [3.8, 4) is 5.75 Å². The SMILES string of the molecule is O=C(Oc1ccccc1)c1ccc(N=C=S)cc1. The van der Waals surface area contributed by atoms with E-state index in [1.54, 1.807) is 48.5 Å². The highest BCUT2D eigenvalue weighted by Gasteiger charge is 2.07. The van der Waals surface area contributed by atoms with E-state index < -0.39 is 5.97 Å². The van der Waals surface area contributed by atoms with Gasteiger partial charge in [0.05, 0.1) is 16.4 Å². The van der Waals surface area contributed by atoms with Gasteiger partial charge in [0.15, 0.2) is 0 Å². The first-order chi connectivity index (χ1) is 8.79. The number of ether oxygens (including phenoxy) is 1. The molecular weight excluding hydrogens is 246 g/mol. The number of isothiocyanates is 1. The highest BCUT2D eigenvalue weighted by Crippen LogP contribution is 2.15. The smallest absolute Gasteiger partial charge is 0.343 e. The van der Waals surface area contributed by atoms with Crippen LogP contribution in [0.3, 0.4) is 0 Å². The molecular formula is C14H9NO2S. The summed E-state index contributed by atoms with van der Waals surface area (Å²) in [7, 11) is 0. The van der Waals surface area contributed by atoms with Crippen LogP contribution in [-0.4, -0.2) is 11.1 Å². The van der Waals surface area contributed by atoms with E-state index >= 15 is 0 Å². The molecule has 0 saturated carbocycles. The zero-order valence-corrected chi connectivity index (χ0v) is 10.2. The quantitative estimate of drug-likeness (QED) is 0.364. The number of carbonyl (C=O) groups excluding carboxylic acids is 1. The lowest BCUT2D eigenvalue weighted by atomic mass is 10.2. The summed E-state index contributed by atoms with van der Waals surface area (Å²) in [4.78, 5) is 15.6. The fourth-order valence-electron chi connectivity index (χ4n) is 1.38. The number of aliphatic imine (C=N–C) groups is 1. The largest absolute Gasteiger partial charge is 0.423 e. The van der Waals surface area contributed by atoms with E-state index in [4.69, 9.17) is 4.74 Å². The molecule has 0 spiro atoms. The Kier molecular flexibility index (Phi) is 3.97. The molecule has 0 amide bonds. The van der Waals surface area contributed by atoms with E-state index in [2.05, 4.69) is 22.4 Å². The second-order valence-corrected chi connectivity index (χ2v) is 3.64. The molecule has 0 atom stereocenters. The van der Waals surface area contributed by atoms with Crippen LogP contribution in [0.4, 0.5) is 5.69 Å². The molecule has 0 bridgehead atoms. The Bertz CT molecular complexity index is 587. The number of carbonyl (C=O) groups is 1. The van der Waals surface area contributed by atoms with E-state index in [9.17, 15) is 4.79 Å². The molecule has 0 N–H and O–H groups in total. The normalized spacial score (nSPS) is 9.33. The van der Waals surface area contributed by atoms with Crippen molar-refractivity contribution < 1.29 is 9.53 Å². The number of hydrogen-bond acceptors (Lipinski definition) is 4. The summed E-state index contributed by atoms with van der Waals surface area (Å²) in [5.74, 6) is 0.113. The fraction of sp³-hybridized carbons (Fsp3) is 0. The third-order valence-corrected chi connectivity index (χ3v) is 2.32. The van der Waals surface area contributed by atoms with Gasteiger partial charge >= 0.3 is 5.97 Å². The zero-order valence-electron chi connectivity index (χ0n) is 9.37. The molecule has 2 rings (SSSR count). The van der Waals surface area contributed by atoms with Crippen molar-refractivity contribution in [2.45, 2.75) is 0 Å². The van der Waals surface area contributed by atoms with Crippen LogP contribution in [0, 0.1) is 0 Å². The van der Waals surface area contributed by atoms with Crippen LogP contribution in [0.15, 0.2) is 59.6 Å². The number of nitrogens with zero attached hydrogens (tertiary/aromatic N) is 1. The van der Waals surface area contributed by atoms with Crippen LogP contribution in [0.2, 0.25) is 0 Å². The average molecular weight is 255 g/mol. The summed E-state index contributed by atoms with van der Waals surface area (Å²) in [5.41, 5.74) is 1.11. The minimum Gasteiger partial charge on any atom is -0.423 e. The molecule has 0 radical (unpaired) electrons. The van der Waals surface area contributed by atoms with Crippen LogP contribution in [0.25, 0.3) is 0 Å². The lowest BCUT2D eigenvalue weighted by Gasteiger charge is -2.03. The van der Waals surface area contributed by atoms with Gasteiger partial charge in [0.1, 0.15) is 5.75 Å². The second kappa shape index (κ2) is 5.87. The highest BCUT2D eigenvalue weighted by atomic mass is 32.1. The predicted molar refractivity (Wildman–Crippen MR) is 72.5 cm³/mol. The average Bonchev–Trinajstić information content (AvgIpc) is 2.41. The van der Waals surface area contributed by atoms with Gasteiger partial charge in [-0.05, 0) is 48.6 Å². The number of esters is 1. The van der Waals surface area contributed by atoms with Gasteiger partial charge < -0.3 is 4.74 Å². The molecule has 0 fully saturated rings. The van der Waals surface area contributed by atoms with Crippen LogP contribution >= 0.6 is 12.2 Å². The maximum atomic E-state index is 11.8. The van der Waals surface area contributed by atoms with E-state index in [0.717, 1.165) is 0 Å². The van der Waals surface area contributed by atoms with Crippen LogP contribution in [0.5, 0.6) is 5.75 Å². The van der Waals surface area contributed by atoms with Gasteiger partial charge in [-0.1, -0.05) is 18.2 Å². The number of thiocarbonyl (C=S) groups is 1. The van der Waals surface area contributed by atoms with E-state index in [1.807, 2.05) is 6.07 Å². The van der Waals surface area contributed by atoms with Crippen molar-refractivity contribution in [2.75, 3.05) is 0 Å². The number of para-hydroxylation sites is 1. The summed E-state index contributed by atoms with van der Waals surface area (Å²) in [5, 5.41) is 2.26. The zero-order chi connectivity index (χ0) is 12.8. The van der Waals surface area contributed by atoms with Crippen molar-refractivity contribution >= 4 is 29.0 Å². The molecule has 88 valence electrons. The molecule has 2 aromatic carbocycles. The van der Waals surface area contributed by atoms with E-state index in [-0.39, 0.29) is 0 Å². The van der Waals surface area contributed by atoms with Gasteiger partial charge in [-0.15, -0.1) is 0 Å². The maximum absolute atomic E-state index is 11.8. The van der Waals surface area contributed by atoms with Gasteiger partial charge in [0, 0.05) is 0 Å². The first-order valence-electron chi connectivity index (χ1n) is 5.25. The van der Waals surface area contributed by atoms with Gasteiger partial charge in [-0.25, -0.2) is 4.79 Å². The Morgan fingerprint density at radius 2 is 1.72 bits per heavy atom. The van der Waals surface area contributed by atoms with Crippen LogP contribution < -0.4 is 4.74 Å². The first kappa shape index (κ1) is 12.2. The third kappa shape index (κ3) is 3.10. The van der Waals surface area contributed by atoms with Gasteiger partial charge in [-0.3, -0.25) is 0 Å². The molecule has 0 aliphatic rings. The van der Waals surface area contributed by atoms with E-state index in [0.29, 0.717) is 17.0 Å². The summed E-state index contributed by atoms with van der Waals surface area (Å²) in [6, 6.07) is 15.6. The molecule has 0 heterocycles. The Morgan fingerprint density at radius 3 is 2.33 bits per heavy atom. The molecule has 18 heavy (non-hydrogen) atoms. The minimum atomic E-state index is -0.404. The topological polar surface area (TPSA) is 38.7 Å². The number of rotatable bonds is 3. The molecule has 2 aromatic rings. The number of benzene rings is 2. The molecule has 0 aliphatic carbocycles. The van der Waals surface area contributed by atoms with Gasteiger partial charge in [-0.2, -0.15) is 4.99 Å². The van der Waals surface area contributed by atoms with Crippen molar-refractivity contribution in [1.82, 2.24) is 0 Å². The minimum absolute atomic E-state index is 0.404. The summed E-state index contributed by atoms with van der Waals surface area (Å²) in [6.45, 7) is 0.